The average Bonchev–Trinajstić information content (AvgIpc) is 3.08. The zero-order chi connectivity index (χ0) is 18.4. The van der Waals surface area contributed by atoms with Crippen molar-refractivity contribution < 1.29 is 10.5 Å². The molecule has 6 nitrogen and oxygen atoms in total. The van der Waals surface area contributed by atoms with Gasteiger partial charge in [-0.15, -0.1) is 21.5 Å². The van der Waals surface area contributed by atoms with Crippen molar-refractivity contribution in [2.75, 3.05) is 0 Å². The molecular formula is C19H20N5OS+. The van der Waals surface area contributed by atoms with Crippen LogP contribution in [0.4, 0.5) is 0 Å². The molecule has 1 amide bonds. The van der Waals surface area contributed by atoms with Gasteiger partial charge in [0.25, 0.3) is 0 Å². The molecule has 0 saturated heterocycles. The minimum atomic E-state index is -0.393. The predicted octanol–water partition coefficient (Wildman–Crippen LogP) is 2.30. The highest BCUT2D eigenvalue weighted by Gasteiger charge is 2.32. The van der Waals surface area contributed by atoms with E-state index < -0.39 is 6.04 Å². The molecule has 3 heterocycles. The van der Waals surface area contributed by atoms with E-state index >= 15 is 0 Å². The van der Waals surface area contributed by atoms with Crippen molar-refractivity contribution in [3.8, 4) is 5.00 Å². The summed E-state index contributed by atoms with van der Waals surface area (Å²) in [6.07, 6.45) is 0.210. The zero-order valence-electron chi connectivity index (χ0n) is 15.0. The van der Waals surface area contributed by atoms with Crippen molar-refractivity contribution in [2.24, 2.45) is 4.99 Å². The molecule has 4 rings (SSSR count). The van der Waals surface area contributed by atoms with Crippen LogP contribution in [0.25, 0.3) is 5.00 Å². The van der Waals surface area contributed by atoms with E-state index in [1.54, 1.807) is 11.3 Å². The molecule has 0 saturated carbocycles. The molecule has 1 atom stereocenters. The highest BCUT2D eigenvalue weighted by molar-refractivity contribution is 7.15. The van der Waals surface area contributed by atoms with Crippen LogP contribution in [0, 0.1) is 20.8 Å². The van der Waals surface area contributed by atoms with Gasteiger partial charge in [0.15, 0.2) is 5.82 Å². The van der Waals surface area contributed by atoms with Crippen molar-refractivity contribution in [3.63, 3.8) is 0 Å². The van der Waals surface area contributed by atoms with Crippen molar-refractivity contribution in [1.82, 2.24) is 14.8 Å². The van der Waals surface area contributed by atoms with E-state index in [0.717, 1.165) is 27.7 Å². The largest absolute Gasteiger partial charge is 0.311 e. The monoisotopic (exact) mass is 366 g/mol. The lowest BCUT2D eigenvalue weighted by molar-refractivity contribution is -0.306. The third kappa shape index (κ3) is 2.60. The van der Waals surface area contributed by atoms with Crippen LogP contribution in [0.1, 0.15) is 45.7 Å². The normalized spacial score (nSPS) is 15.8. The highest BCUT2D eigenvalue weighted by atomic mass is 32.1. The lowest BCUT2D eigenvalue weighted by Crippen LogP contribution is -2.57. The van der Waals surface area contributed by atoms with E-state index in [1.807, 2.05) is 29.7 Å². The van der Waals surface area contributed by atoms with Crippen LogP contribution in [0.2, 0.25) is 0 Å². The number of rotatable bonds is 3. The third-order valence-corrected chi connectivity index (χ3v) is 5.90. The molecule has 1 aliphatic heterocycles. The van der Waals surface area contributed by atoms with Crippen LogP contribution in [-0.2, 0) is 4.79 Å². The molecule has 3 N–H and O–H groups in total. The number of aromatic nitrogens is 3. The summed E-state index contributed by atoms with van der Waals surface area (Å²) in [5, 5.41) is 9.67. The minimum Gasteiger partial charge on any atom is -0.294 e. The molecule has 3 aromatic rings. The molecule has 1 aliphatic rings. The van der Waals surface area contributed by atoms with Crippen molar-refractivity contribution in [3.05, 3.63) is 63.5 Å². The maximum Gasteiger partial charge on any atom is 0.311 e. The Bertz CT molecular complexity index is 1030. The maximum atomic E-state index is 11.8. The number of hydrogen-bond donors (Lipinski definition) is 1. The number of aryl methyl sites for hydroxylation is 2. The number of nitrogens with zero attached hydrogens (tertiary/aromatic N) is 4. The predicted molar refractivity (Wildman–Crippen MR) is 101 cm³/mol. The average molecular weight is 366 g/mol. The molecule has 0 bridgehead atoms. The molecule has 7 heteroatoms. The lowest BCUT2D eigenvalue weighted by atomic mass is 10.00. The first-order chi connectivity index (χ1) is 12.5. The first-order valence-electron chi connectivity index (χ1n) is 8.48. The van der Waals surface area contributed by atoms with Crippen molar-refractivity contribution in [1.29, 1.82) is 0 Å². The van der Waals surface area contributed by atoms with E-state index in [1.165, 1.54) is 10.4 Å². The first kappa shape index (κ1) is 16.8. The van der Waals surface area contributed by atoms with E-state index in [9.17, 15) is 4.79 Å². The Balaban J connectivity index is 2.05. The topological polar surface area (TPSA) is 87.8 Å². The minimum absolute atomic E-state index is 0.156. The van der Waals surface area contributed by atoms with Gasteiger partial charge in [-0.2, -0.15) is 0 Å². The molecule has 26 heavy (non-hydrogen) atoms. The number of quaternary nitrogens is 1. The maximum absolute atomic E-state index is 11.8. The Morgan fingerprint density at radius 1 is 1.19 bits per heavy atom. The zero-order valence-corrected chi connectivity index (χ0v) is 15.8. The van der Waals surface area contributed by atoms with Gasteiger partial charge >= 0.3 is 5.91 Å². The number of hydrogen-bond acceptors (Lipinski definition) is 5. The Labute approximate surface area is 155 Å². The number of carbonyl (C=O) groups excluding carboxylic acids is 1. The fraction of sp³-hybridized carbons (Fsp3) is 0.263. The van der Waals surface area contributed by atoms with Crippen molar-refractivity contribution >= 4 is 23.0 Å². The summed E-state index contributed by atoms with van der Waals surface area (Å²) in [5.74, 6) is 1.35. The van der Waals surface area contributed by atoms with Crippen LogP contribution >= 0.6 is 11.3 Å². The summed E-state index contributed by atoms with van der Waals surface area (Å²) in [5.41, 5.74) is 7.78. The molecule has 1 unspecified atom stereocenters. The Kier molecular flexibility index (Phi) is 4.05. The molecule has 132 valence electrons. The number of aliphatic imine (C=N–C) groups is 1. The van der Waals surface area contributed by atoms with Gasteiger partial charge in [0, 0.05) is 16.0 Å². The van der Waals surface area contributed by atoms with E-state index in [-0.39, 0.29) is 12.3 Å². The molecular weight excluding hydrogens is 346 g/mol. The summed E-state index contributed by atoms with van der Waals surface area (Å²) in [6, 6.07) is 9.71. The van der Waals surface area contributed by atoms with Crippen LogP contribution in [0.15, 0.2) is 35.3 Å². The number of amides is 1. The van der Waals surface area contributed by atoms with Crippen LogP contribution in [-0.4, -0.2) is 26.4 Å². The van der Waals surface area contributed by atoms with Crippen molar-refractivity contribution in [2.45, 2.75) is 33.2 Å². The van der Waals surface area contributed by atoms with Gasteiger partial charge in [0.2, 0.25) is 0 Å². The van der Waals surface area contributed by atoms with Gasteiger partial charge in [0.05, 0.1) is 12.1 Å². The fourth-order valence-corrected chi connectivity index (χ4v) is 4.55. The van der Waals surface area contributed by atoms with Gasteiger partial charge in [-0.3, -0.25) is 15.3 Å². The second-order valence-corrected chi connectivity index (χ2v) is 7.71. The van der Waals surface area contributed by atoms with Crippen LogP contribution < -0.4 is 5.73 Å². The van der Waals surface area contributed by atoms with Gasteiger partial charge < -0.3 is 0 Å². The Morgan fingerprint density at radius 2 is 1.92 bits per heavy atom. The van der Waals surface area contributed by atoms with Gasteiger partial charge in [-0.05, 0) is 26.3 Å². The number of carbonyl (C=O) groups is 1. The summed E-state index contributed by atoms with van der Waals surface area (Å²) < 4.78 is 2.05. The lowest BCUT2D eigenvalue weighted by Gasteiger charge is -2.10. The quantitative estimate of drug-likeness (QED) is 0.771. The highest BCUT2D eigenvalue weighted by Crippen LogP contribution is 2.39. The first-order valence-corrected chi connectivity index (χ1v) is 9.29. The molecule has 0 radical (unpaired) electrons. The molecule has 1 aromatic carbocycles. The molecule has 2 aromatic heterocycles. The van der Waals surface area contributed by atoms with E-state index in [2.05, 4.69) is 41.9 Å². The second kappa shape index (κ2) is 6.26. The fourth-order valence-electron chi connectivity index (χ4n) is 3.34. The molecule has 0 fully saturated rings. The SMILES string of the molecule is Cc1sc2c(c1C)C(c1ccccc1)=NC(CC([NH3+])=O)c1nnc(C)n1-2. The molecule has 0 spiro atoms. The Hall–Kier alpha value is -2.64. The van der Waals surface area contributed by atoms with Crippen LogP contribution in [0.3, 0.4) is 0 Å². The molecule has 0 aliphatic carbocycles. The third-order valence-electron chi connectivity index (χ3n) is 4.71. The number of benzene rings is 1. The van der Waals surface area contributed by atoms with E-state index in [0.29, 0.717) is 5.82 Å². The summed E-state index contributed by atoms with van der Waals surface area (Å²) in [6.45, 7) is 6.17. The summed E-state index contributed by atoms with van der Waals surface area (Å²) in [7, 11) is 0. The van der Waals surface area contributed by atoms with Gasteiger partial charge in [0.1, 0.15) is 16.9 Å². The Morgan fingerprint density at radius 3 is 2.62 bits per heavy atom. The summed E-state index contributed by atoms with van der Waals surface area (Å²) >= 11 is 1.71. The van der Waals surface area contributed by atoms with Gasteiger partial charge in [-0.1, -0.05) is 30.3 Å². The second-order valence-electron chi connectivity index (χ2n) is 6.51. The van der Waals surface area contributed by atoms with Crippen LogP contribution in [0.5, 0.6) is 0 Å². The van der Waals surface area contributed by atoms with E-state index in [4.69, 9.17) is 4.99 Å². The smallest absolute Gasteiger partial charge is 0.294 e. The standard InChI is InChI=1S/C19H19N5OS/c1-10-11(2)26-19-16(10)17(13-7-5-4-6-8-13)21-14(9-15(20)25)18-23-22-12(3)24(18)19/h4-8,14H,9H2,1-3H3,(H2,20,25)/p+1. The van der Waals surface area contributed by atoms with Gasteiger partial charge in [-0.25, -0.2) is 4.79 Å². The number of fused-ring (bicyclic) bond motifs is 3. The number of thiophene rings is 1. The summed E-state index contributed by atoms with van der Waals surface area (Å²) in [4.78, 5) is 18.0.